The molecule has 5 nitrogen and oxygen atoms in total. The highest BCUT2D eigenvalue weighted by molar-refractivity contribution is 6.09. The van der Waals surface area contributed by atoms with Crippen molar-refractivity contribution in [2.45, 2.75) is 51.5 Å². The van der Waals surface area contributed by atoms with E-state index < -0.39 is 11.5 Å². The topological polar surface area (TPSA) is 69.6 Å². The van der Waals surface area contributed by atoms with Crippen molar-refractivity contribution in [3.63, 3.8) is 0 Å². The molecular weight excluding hydrogens is 316 g/mol. The van der Waals surface area contributed by atoms with Gasteiger partial charge in [0.05, 0.1) is 12.1 Å². The number of rotatable bonds is 6. The predicted octanol–water partition coefficient (Wildman–Crippen LogP) is 2.44. The summed E-state index contributed by atoms with van der Waals surface area (Å²) in [4.78, 5) is 27.0. The van der Waals surface area contributed by atoms with Crippen molar-refractivity contribution < 1.29 is 14.7 Å². The summed E-state index contributed by atoms with van der Waals surface area (Å²) >= 11 is 0. The number of aliphatic hydroxyl groups excluding tert-OH is 1. The first-order chi connectivity index (χ1) is 11.9. The van der Waals surface area contributed by atoms with Crippen LogP contribution in [0.5, 0.6) is 0 Å². The molecule has 0 radical (unpaired) electrons. The monoisotopic (exact) mass is 344 g/mol. The minimum Gasteiger partial charge on any atom is -0.394 e. The highest BCUT2D eigenvalue weighted by Crippen LogP contribution is 2.39. The van der Waals surface area contributed by atoms with E-state index in [0.717, 1.165) is 18.5 Å². The molecule has 0 aromatic heterocycles. The number of carbonyl (C=O) groups excluding carboxylic acids is 2. The van der Waals surface area contributed by atoms with Crippen molar-refractivity contribution in [3.05, 3.63) is 29.8 Å². The molecular formula is C20H28N2O3. The highest BCUT2D eigenvalue weighted by Gasteiger charge is 2.45. The van der Waals surface area contributed by atoms with Crippen molar-refractivity contribution in [2.24, 2.45) is 11.8 Å². The van der Waals surface area contributed by atoms with E-state index in [2.05, 4.69) is 19.2 Å². The van der Waals surface area contributed by atoms with Crippen LogP contribution in [-0.2, 0) is 9.59 Å². The smallest absolute Gasteiger partial charge is 0.239 e. The number of amides is 2. The molecule has 1 aromatic rings. The van der Waals surface area contributed by atoms with E-state index in [9.17, 15) is 14.7 Å². The maximum Gasteiger partial charge on any atom is 0.239 e. The van der Waals surface area contributed by atoms with E-state index in [-0.39, 0.29) is 18.4 Å². The Kier molecular flexibility index (Phi) is 4.87. The number of benzene rings is 1. The summed E-state index contributed by atoms with van der Waals surface area (Å²) in [6.45, 7) is 6.59. The third-order valence-corrected chi connectivity index (χ3v) is 5.61. The lowest BCUT2D eigenvalue weighted by Crippen LogP contribution is -2.53. The zero-order valence-corrected chi connectivity index (χ0v) is 15.3. The van der Waals surface area contributed by atoms with Crippen molar-refractivity contribution in [2.75, 3.05) is 18.1 Å². The lowest BCUT2D eigenvalue weighted by molar-refractivity contribution is -0.133. The van der Waals surface area contributed by atoms with Gasteiger partial charge >= 0.3 is 0 Å². The number of anilines is 1. The number of nitrogens with one attached hydrogen (secondary N) is 1. The number of carbonyl (C=O) groups is 2. The van der Waals surface area contributed by atoms with Gasteiger partial charge in [-0.15, -0.1) is 0 Å². The van der Waals surface area contributed by atoms with Crippen molar-refractivity contribution in [3.8, 4) is 0 Å². The van der Waals surface area contributed by atoms with Gasteiger partial charge in [0.25, 0.3) is 0 Å². The fourth-order valence-electron chi connectivity index (χ4n) is 3.58. The summed E-state index contributed by atoms with van der Waals surface area (Å²) in [5.41, 5.74) is 1.47. The van der Waals surface area contributed by atoms with E-state index >= 15 is 0 Å². The molecule has 3 rings (SSSR count). The number of hydrogen-bond acceptors (Lipinski definition) is 3. The quantitative estimate of drug-likeness (QED) is 0.779. The average molecular weight is 344 g/mol. The molecule has 1 aliphatic carbocycles. The van der Waals surface area contributed by atoms with Crippen LogP contribution < -0.4 is 10.2 Å². The molecule has 2 amide bonds. The van der Waals surface area contributed by atoms with Crippen LogP contribution in [-0.4, -0.2) is 35.6 Å². The van der Waals surface area contributed by atoms with E-state index in [4.69, 9.17) is 0 Å². The van der Waals surface area contributed by atoms with Crippen LogP contribution in [0.3, 0.4) is 0 Å². The zero-order chi connectivity index (χ0) is 18.2. The van der Waals surface area contributed by atoms with Gasteiger partial charge in [-0.1, -0.05) is 26.0 Å². The maximum atomic E-state index is 12.7. The molecule has 2 aliphatic rings. The van der Waals surface area contributed by atoms with Gasteiger partial charge in [0.15, 0.2) is 0 Å². The molecule has 2 fully saturated rings. The molecule has 1 aromatic carbocycles. The third kappa shape index (κ3) is 3.56. The summed E-state index contributed by atoms with van der Waals surface area (Å²) in [6, 6.07) is 7.98. The minimum absolute atomic E-state index is 0.0926. The SMILES string of the molecule is CC(C)c1ccc(N2CCC(C(=O)NC(C)(CO)C3CC3)C2=O)cc1. The van der Waals surface area contributed by atoms with Crippen LogP contribution in [0, 0.1) is 11.8 Å². The van der Waals surface area contributed by atoms with Gasteiger partial charge in [0.1, 0.15) is 5.92 Å². The molecule has 136 valence electrons. The molecule has 2 atom stereocenters. The van der Waals surface area contributed by atoms with Gasteiger partial charge in [0, 0.05) is 12.2 Å². The standard InChI is InChI=1S/C20H28N2O3/c1-13(2)14-4-8-16(9-5-14)22-11-10-17(19(22)25)18(24)21-20(3,12-23)15-6-7-15/h4-5,8-9,13,15,17,23H,6-7,10-12H2,1-3H3,(H,21,24). The number of hydrogen-bond donors (Lipinski definition) is 2. The molecule has 0 bridgehead atoms. The molecule has 0 spiro atoms. The lowest BCUT2D eigenvalue weighted by atomic mass is 9.95. The number of nitrogens with zero attached hydrogens (tertiary/aromatic N) is 1. The lowest BCUT2D eigenvalue weighted by Gasteiger charge is -2.30. The second kappa shape index (κ2) is 6.79. The Balaban J connectivity index is 1.67. The van der Waals surface area contributed by atoms with Gasteiger partial charge in [-0.05, 0) is 55.7 Å². The fraction of sp³-hybridized carbons (Fsp3) is 0.600. The Hall–Kier alpha value is -1.88. The van der Waals surface area contributed by atoms with Gasteiger partial charge in [-0.2, -0.15) is 0 Å². The van der Waals surface area contributed by atoms with Crippen molar-refractivity contribution in [1.82, 2.24) is 5.32 Å². The predicted molar refractivity (Wildman–Crippen MR) is 97.3 cm³/mol. The third-order valence-electron chi connectivity index (χ3n) is 5.61. The highest BCUT2D eigenvalue weighted by atomic mass is 16.3. The Labute approximate surface area is 149 Å². The summed E-state index contributed by atoms with van der Waals surface area (Å²) in [5.74, 6) is -0.298. The van der Waals surface area contributed by atoms with Crippen LogP contribution in [0.2, 0.25) is 0 Å². The first-order valence-corrected chi connectivity index (χ1v) is 9.20. The first-order valence-electron chi connectivity index (χ1n) is 9.20. The molecule has 1 heterocycles. The van der Waals surface area contributed by atoms with E-state index in [1.54, 1.807) is 4.90 Å². The van der Waals surface area contributed by atoms with Gasteiger partial charge in [-0.3, -0.25) is 9.59 Å². The van der Waals surface area contributed by atoms with Crippen LogP contribution in [0.25, 0.3) is 0 Å². The van der Waals surface area contributed by atoms with Crippen LogP contribution in [0.4, 0.5) is 5.69 Å². The first kappa shape index (κ1) is 17.9. The summed E-state index contributed by atoms with van der Waals surface area (Å²) in [6.07, 6.45) is 2.55. The Morgan fingerprint density at radius 1 is 1.28 bits per heavy atom. The molecule has 5 heteroatoms. The molecule has 1 saturated carbocycles. The molecule has 1 saturated heterocycles. The van der Waals surface area contributed by atoms with Gasteiger partial charge < -0.3 is 15.3 Å². The Bertz CT molecular complexity index is 651. The number of aliphatic hydroxyl groups is 1. The zero-order valence-electron chi connectivity index (χ0n) is 15.3. The summed E-state index contributed by atoms with van der Waals surface area (Å²) in [7, 11) is 0. The van der Waals surface area contributed by atoms with Gasteiger partial charge in [0.2, 0.25) is 11.8 Å². The molecule has 2 unspecified atom stereocenters. The van der Waals surface area contributed by atoms with Crippen LogP contribution in [0.1, 0.15) is 51.5 Å². The summed E-state index contributed by atoms with van der Waals surface area (Å²) in [5, 5.41) is 12.6. The van der Waals surface area contributed by atoms with Gasteiger partial charge in [-0.25, -0.2) is 0 Å². The minimum atomic E-state index is -0.658. The summed E-state index contributed by atoms with van der Waals surface area (Å²) < 4.78 is 0. The molecule has 2 N–H and O–H groups in total. The van der Waals surface area contributed by atoms with Crippen LogP contribution in [0.15, 0.2) is 24.3 Å². The van der Waals surface area contributed by atoms with E-state index in [1.165, 1.54) is 5.56 Å². The fourth-order valence-corrected chi connectivity index (χ4v) is 3.58. The van der Waals surface area contributed by atoms with Crippen molar-refractivity contribution in [1.29, 1.82) is 0 Å². The molecule has 1 aliphatic heterocycles. The average Bonchev–Trinajstić information content (AvgIpc) is 3.38. The van der Waals surface area contributed by atoms with E-state index in [1.807, 2.05) is 31.2 Å². The Morgan fingerprint density at radius 2 is 1.92 bits per heavy atom. The second-order valence-electron chi connectivity index (χ2n) is 7.92. The molecule has 25 heavy (non-hydrogen) atoms. The second-order valence-corrected chi connectivity index (χ2v) is 7.92. The largest absolute Gasteiger partial charge is 0.394 e. The normalized spacial score (nSPS) is 23.0. The van der Waals surface area contributed by atoms with Crippen molar-refractivity contribution >= 4 is 17.5 Å². The maximum absolute atomic E-state index is 12.7. The Morgan fingerprint density at radius 3 is 2.44 bits per heavy atom. The van der Waals surface area contributed by atoms with Crippen LogP contribution >= 0.6 is 0 Å². The van der Waals surface area contributed by atoms with E-state index in [0.29, 0.717) is 24.8 Å².